The molecule has 5 rings (SSSR count). The summed E-state index contributed by atoms with van der Waals surface area (Å²) in [6.45, 7) is 3.59. The molecule has 1 aliphatic heterocycles. The molecule has 1 fully saturated rings. The van der Waals surface area contributed by atoms with E-state index in [2.05, 4.69) is 10.2 Å². The third-order valence-electron chi connectivity index (χ3n) is 5.87. The topological polar surface area (TPSA) is 76.5 Å². The molecule has 0 radical (unpaired) electrons. The van der Waals surface area contributed by atoms with Crippen LogP contribution in [0.4, 0.5) is 11.4 Å². The van der Waals surface area contributed by atoms with Crippen LogP contribution in [0.3, 0.4) is 0 Å². The molecular formula is C27H26N4O3S. The van der Waals surface area contributed by atoms with Gasteiger partial charge in [-0.1, -0.05) is 54.2 Å². The van der Waals surface area contributed by atoms with Gasteiger partial charge in [0.25, 0.3) is 5.56 Å². The van der Waals surface area contributed by atoms with Gasteiger partial charge in [-0.2, -0.15) is 0 Å². The van der Waals surface area contributed by atoms with Crippen LogP contribution in [0.15, 0.2) is 88.8 Å². The van der Waals surface area contributed by atoms with Gasteiger partial charge < -0.3 is 15.0 Å². The number of nitrogens with zero attached hydrogens (tertiary/aromatic N) is 3. The number of thioether (sulfide) groups is 1. The van der Waals surface area contributed by atoms with Crippen LogP contribution in [0.2, 0.25) is 0 Å². The maximum absolute atomic E-state index is 13.2. The Kier molecular flexibility index (Phi) is 7.11. The van der Waals surface area contributed by atoms with E-state index in [1.807, 2.05) is 72.8 Å². The number of para-hydroxylation sites is 1. The molecule has 1 saturated heterocycles. The standard InChI is InChI=1S/C27H26N4O3S/c32-25(28-21-10-12-22(13-11-21)30-14-16-34-17-15-30)19-35-27-29-24-9-5-4-8-23(24)26(33)31(27)18-20-6-2-1-3-7-20/h1-13H,14-19H2,(H,28,32). The fourth-order valence-electron chi connectivity index (χ4n) is 4.07. The third kappa shape index (κ3) is 5.55. The first kappa shape index (κ1) is 23.1. The molecule has 35 heavy (non-hydrogen) atoms. The highest BCUT2D eigenvalue weighted by Gasteiger charge is 2.15. The number of hydrogen-bond acceptors (Lipinski definition) is 6. The van der Waals surface area contributed by atoms with Gasteiger partial charge in [-0.25, -0.2) is 4.98 Å². The Morgan fingerprint density at radius 1 is 0.943 bits per heavy atom. The predicted molar refractivity (Wildman–Crippen MR) is 140 cm³/mol. The van der Waals surface area contributed by atoms with Crippen LogP contribution in [0.1, 0.15) is 5.56 Å². The first-order valence-electron chi connectivity index (χ1n) is 11.6. The summed E-state index contributed by atoms with van der Waals surface area (Å²) >= 11 is 1.27. The van der Waals surface area contributed by atoms with Crippen LogP contribution in [-0.2, 0) is 16.1 Å². The maximum Gasteiger partial charge on any atom is 0.262 e. The summed E-state index contributed by atoms with van der Waals surface area (Å²) < 4.78 is 7.05. The van der Waals surface area contributed by atoms with E-state index >= 15 is 0 Å². The van der Waals surface area contributed by atoms with E-state index < -0.39 is 0 Å². The van der Waals surface area contributed by atoms with Crippen molar-refractivity contribution in [3.8, 4) is 0 Å². The summed E-state index contributed by atoms with van der Waals surface area (Å²) in [5, 5.41) is 4.04. The number of morpholine rings is 1. The van der Waals surface area contributed by atoms with Gasteiger partial charge in [-0.05, 0) is 42.0 Å². The molecule has 7 nitrogen and oxygen atoms in total. The van der Waals surface area contributed by atoms with Gasteiger partial charge in [0.05, 0.1) is 36.4 Å². The highest BCUT2D eigenvalue weighted by molar-refractivity contribution is 7.99. The molecule has 0 aliphatic carbocycles. The van der Waals surface area contributed by atoms with Gasteiger partial charge in [0, 0.05) is 24.5 Å². The van der Waals surface area contributed by atoms with Gasteiger partial charge in [0.2, 0.25) is 5.91 Å². The zero-order valence-electron chi connectivity index (χ0n) is 19.2. The molecule has 0 bridgehead atoms. The van der Waals surface area contributed by atoms with Crippen molar-refractivity contribution in [3.63, 3.8) is 0 Å². The summed E-state index contributed by atoms with van der Waals surface area (Å²) in [6.07, 6.45) is 0. The molecule has 0 spiro atoms. The number of aromatic nitrogens is 2. The van der Waals surface area contributed by atoms with Crippen molar-refractivity contribution in [2.45, 2.75) is 11.7 Å². The van der Waals surface area contributed by atoms with Crippen molar-refractivity contribution in [2.75, 3.05) is 42.3 Å². The minimum absolute atomic E-state index is 0.110. The molecule has 8 heteroatoms. The molecule has 1 N–H and O–H groups in total. The number of fused-ring (bicyclic) bond motifs is 1. The van der Waals surface area contributed by atoms with Crippen LogP contribution in [-0.4, -0.2) is 47.5 Å². The fraction of sp³-hybridized carbons (Fsp3) is 0.222. The Morgan fingerprint density at radius 2 is 1.66 bits per heavy atom. The Balaban J connectivity index is 1.30. The quantitative estimate of drug-likeness (QED) is 0.314. The summed E-state index contributed by atoms with van der Waals surface area (Å²) in [5.41, 5.74) is 3.37. The van der Waals surface area contributed by atoms with Crippen molar-refractivity contribution >= 4 is 39.9 Å². The summed E-state index contributed by atoms with van der Waals surface area (Å²) in [5.74, 6) is -0.00656. The molecule has 1 aliphatic rings. The molecule has 0 unspecified atom stereocenters. The number of carbonyl (C=O) groups excluding carboxylic acids is 1. The van der Waals surface area contributed by atoms with Crippen LogP contribution < -0.4 is 15.8 Å². The van der Waals surface area contributed by atoms with Gasteiger partial charge in [-0.15, -0.1) is 0 Å². The number of anilines is 2. The molecule has 1 aromatic heterocycles. The van der Waals surface area contributed by atoms with Crippen LogP contribution in [0, 0.1) is 0 Å². The number of benzene rings is 3. The third-order valence-corrected chi connectivity index (χ3v) is 6.85. The Bertz CT molecular complexity index is 1370. The van der Waals surface area contributed by atoms with E-state index in [1.165, 1.54) is 11.8 Å². The largest absolute Gasteiger partial charge is 0.378 e. The summed E-state index contributed by atoms with van der Waals surface area (Å²) in [7, 11) is 0. The molecule has 0 atom stereocenters. The fourth-order valence-corrected chi connectivity index (χ4v) is 4.87. The van der Waals surface area contributed by atoms with Gasteiger partial charge in [0.15, 0.2) is 5.16 Å². The number of hydrogen-bond donors (Lipinski definition) is 1. The number of nitrogens with one attached hydrogen (secondary N) is 1. The van der Waals surface area contributed by atoms with Crippen LogP contribution >= 0.6 is 11.8 Å². The van der Waals surface area contributed by atoms with Crippen molar-refractivity contribution in [1.82, 2.24) is 9.55 Å². The average Bonchev–Trinajstić information content (AvgIpc) is 2.91. The minimum atomic E-state index is -0.150. The highest BCUT2D eigenvalue weighted by Crippen LogP contribution is 2.21. The first-order chi connectivity index (χ1) is 17.2. The molecule has 0 saturated carbocycles. The van der Waals surface area contributed by atoms with Crippen molar-refractivity contribution < 1.29 is 9.53 Å². The minimum Gasteiger partial charge on any atom is -0.378 e. The van der Waals surface area contributed by atoms with Gasteiger partial charge in [0.1, 0.15) is 0 Å². The second-order valence-electron chi connectivity index (χ2n) is 8.27. The lowest BCUT2D eigenvalue weighted by molar-refractivity contribution is -0.113. The monoisotopic (exact) mass is 486 g/mol. The average molecular weight is 487 g/mol. The molecule has 178 valence electrons. The predicted octanol–water partition coefficient (Wildman–Crippen LogP) is 4.01. The van der Waals surface area contributed by atoms with Gasteiger partial charge >= 0.3 is 0 Å². The maximum atomic E-state index is 13.2. The smallest absolute Gasteiger partial charge is 0.262 e. The SMILES string of the molecule is O=C(CSc1nc2ccccc2c(=O)n1Cc1ccccc1)Nc1ccc(N2CCOCC2)cc1. The highest BCUT2D eigenvalue weighted by atomic mass is 32.2. The summed E-state index contributed by atoms with van der Waals surface area (Å²) in [6, 6.07) is 24.9. The number of carbonyl (C=O) groups is 1. The van der Waals surface area contributed by atoms with Crippen molar-refractivity contribution in [3.05, 3.63) is 94.8 Å². The lowest BCUT2D eigenvalue weighted by Crippen LogP contribution is -2.36. The van der Waals surface area contributed by atoms with Gasteiger partial charge in [-0.3, -0.25) is 14.2 Å². The number of rotatable bonds is 7. The van der Waals surface area contributed by atoms with Crippen molar-refractivity contribution in [2.24, 2.45) is 0 Å². The zero-order valence-corrected chi connectivity index (χ0v) is 20.0. The van der Waals surface area contributed by atoms with E-state index in [0.29, 0.717) is 22.6 Å². The van der Waals surface area contributed by atoms with E-state index in [4.69, 9.17) is 9.72 Å². The molecule has 3 aromatic carbocycles. The van der Waals surface area contributed by atoms with Crippen molar-refractivity contribution in [1.29, 1.82) is 0 Å². The Morgan fingerprint density at radius 3 is 2.43 bits per heavy atom. The molecule has 4 aromatic rings. The first-order valence-corrected chi connectivity index (χ1v) is 12.5. The second kappa shape index (κ2) is 10.8. The van der Waals surface area contributed by atoms with E-state index in [0.717, 1.165) is 43.2 Å². The Labute approximate surface area is 207 Å². The van der Waals surface area contributed by atoms with Crippen LogP contribution in [0.25, 0.3) is 10.9 Å². The lowest BCUT2D eigenvalue weighted by Gasteiger charge is -2.28. The van der Waals surface area contributed by atoms with Crippen LogP contribution in [0.5, 0.6) is 0 Å². The zero-order chi connectivity index (χ0) is 24.0. The van der Waals surface area contributed by atoms with E-state index in [-0.39, 0.29) is 17.2 Å². The number of amides is 1. The van der Waals surface area contributed by atoms with E-state index in [1.54, 1.807) is 10.6 Å². The van der Waals surface area contributed by atoms with E-state index in [9.17, 15) is 9.59 Å². The normalized spacial score (nSPS) is 13.7. The second-order valence-corrected chi connectivity index (χ2v) is 9.21. The number of ether oxygens (including phenoxy) is 1. The molecular weight excluding hydrogens is 460 g/mol. The summed E-state index contributed by atoms with van der Waals surface area (Å²) in [4.78, 5) is 32.9. The Hall–Kier alpha value is -3.62. The lowest BCUT2D eigenvalue weighted by atomic mass is 10.2. The molecule has 2 heterocycles. The molecule has 1 amide bonds.